The number of aromatic nitrogens is 1. The number of amides is 1. The highest BCUT2D eigenvalue weighted by Gasteiger charge is 2.27. The standard InChI is InChI=1S/C25H32ClN3O2/c1-18-23(28-25(31-18)20-9-5-11-22(26)15-20)17-29-14-6-10-21(16-29)24(30)27-13-12-19-7-3-2-4-8-19/h5,7,9,11,15,21H,2-4,6,8,10,12-14,16-17H2,1H3,(H,27,30). The second kappa shape index (κ2) is 10.5. The zero-order chi connectivity index (χ0) is 21.6. The van der Waals surface area contributed by atoms with Crippen LogP contribution in [-0.2, 0) is 11.3 Å². The van der Waals surface area contributed by atoms with Crippen molar-refractivity contribution in [2.75, 3.05) is 19.6 Å². The first-order valence-electron chi connectivity index (χ1n) is 11.5. The fourth-order valence-electron chi connectivity index (χ4n) is 4.57. The zero-order valence-corrected chi connectivity index (χ0v) is 19.1. The molecule has 5 nitrogen and oxygen atoms in total. The van der Waals surface area contributed by atoms with Crippen molar-refractivity contribution < 1.29 is 9.21 Å². The van der Waals surface area contributed by atoms with Crippen molar-refractivity contribution in [1.82, 2.24) is 15.2 Å². The molecule has 0 saturated carbocycles. The number of halogens is 1. The molecule has 1 aliphatic carbocycles. The summed E-state index contributed by atoms with van der Waals surface area (Å²) in [6.45, 7) is 5.16. The molecule has 1 aliphatic heterocycles. The molecule has 6 heteroatoms. The third kappa shape index (κ3) is 5.98. The van der Waals surface area contributed by atoms with Gasteiger partial charge in [0.05, 0.1) is 11.6 Å². The van der Waals surface area contributed by atoms with Crippen LogP contribution in [0.3, 0.4) is 0 Å². The van der Waals surface area contributed by atoms with Gasteiger partial charge in [-0.15, -0.1) is 0 Å². The van der Waals surface area contributed by atoms with Crippen LogP contribution in [0, 0.1) is 12.8 Å². The smallest absolute Gasteiger partial charge is 0.226 e. The Morgan fingerprint density at radius 2 is 2.23 bits per heavy atom. The molecular formula is C25H32ClN3O2. The summed E-state index contributed by atoms with van der Waals surface area (Å²) in [5, 5.41) is 3.84. The van der Waals surface area contributed by atoms with Crippen molar-refractivity contribution in [1.29, 1.82) is 0 Å². The SMILES string of the molecule is Cc1oc(-c2cccc(Cl)c2)nc1CN1CCCC(C(=O)NCCC2=CCCCC2)C1. The maximum Gasteiger partial charge on any atom is 0.226 e. The van der Waals surface area contributed by atoms with Gasteiger partial charge in [0.15, 0.2) is 0 Å². The number of carbonyl (C=O) groups excluding carboxylic acids is 1. The molecule has 0 spiro atoms. The van der Waals surface area contributed by atoms with Crippen LogP contribution in [0.2, 0.25) is 5.02 Å². The Kier molecular flexibility index (Phi) is 7.46. The summed E-state index contributed by atoms with van der Waals surface area (Å²) in [6, 6.07) is 7.55. The summed E-state index contributed by atoms with van der Waals surface area (Å²) in [4.78, 5) is 19.8. The molecule has 2 heterocycles. The molecule has 1 saturated heterocycles. The Hall–Kier alpha value is -2.11. The van der Waals surface area contributed by atoms with E-state index in [4.69, 9.17) is 21.0 Å². The van der Waals surface area contributed by atoms with Crippen LogP contribution in [0.25, 0.3) is 11.5 Å². The van der Waals surface area contributed by atoms with Gasteiger partial charge >= 0.3 is 0 Å². The predicted octanol–water partition coefficient (Wildman–Crippen LogP) is 5.52. The number of allylic oxidation sites excluding steroid dienone is 1. The highest BCUT2D eigenvalue weighted by Crippen LogP contribution is 2.26. The fourth-order valence-corrected chi connectivity index (χ4v) is 4.76. The molecule has 1 aromatic heterocycles. The Morgan fingerprint density at radius 3 is 3.03 bits per heavy atom. The molecule has 1 aromatic carbocycles. The van der Waals surface area contributed by atoms with Crippen LogP contribution in [0.5, 0.6) is 0 Å². The summed E-state index contributed by atoms with van der Waals surface area (Å²) < 4.78 is 5.90. The number of piperidine rings is 1. The average Bonchev–Trinajstić information content (AvgIpc) is 3.15. The van der Waals surface area contributed by atoms with Crippen molar-refractivity contribution in [3.8, 4) is 11.5 Å². The number of likely N-dealkylation sites (tertiary alicyclic amines) is 1. The lowest BCUT2D eigenvalue weighted by molar-refractivity contribution is -0.126. The molecule has 1 N–H and O–H groups in total. The van der Waals surface area contributed by atoms with Gasteiger partial charge in [0.1, 0.15) is 5.76 Å². The first kappa shape index (κ1) is 22.1. The van der Waals surface area contributed by atoms with Crippen molar-refractivity contribution in [2.45, 2.75) is 58.4 Å². The van der Waals surface area contributed by atoms with Gasteiger partial charge in [-0.3, -0.25) is 9.69 Å². The third-order valence-corrected chi connectivity index (χ3v) is 6.58. The van der Waals surface area contributed by atoms with E-state index in [0.29, 0.717) is 17.5 Å². The molecular weight excluding hydrogens is 410 g/mol. The Morgan fingerprint density at radius 1 is 1.32 bits per heavy atom. The van der Waals surface area contributed by atoms with E-state index in [9.17, 15) is 4.79 Å². The van der Waals surface area contributed by atoms with Gasteiger partial charge in [0.25, 0.3) is 0 Å². The van der Waals surface area contributed by atoms with Crippen LogP contribution in [0.4, 0.5) is 0 Å². The number of hydrogen-bond donors (Lipinski definition) is 1. The van der Waals surface area contributed by atoms with Crippen LogP contribution in [-0.4, -0.2) is 35.4 Å². The molecule has 0 bridgehead atoms. The minimum absolute atomic E-state index is 0.0497. The van der Waals surface area contributed by atoms with Gasteiger partial charge in [-0.1, -0.05) is 29.3 Å². The van der Waals surface area contributed by atoms with Gasteiger partial charge in [0, 0.05) is 30.2 Å². The number of aryl methyl sites for hydroxylation is 1. The quantitative estimate of drug-likeness (QED) is 0.574. The summed E-state index contributed by atoms with van der Waals surface area (Å²) in [7, 11) is 0. The van der Waals surface area contributed by atoms with Gasteiger partial charge in [-0.2, -0.15) is 0 Å². The number of oxazole rings is 1. The molecule has 4 rings (SSSR count). The monoisotopic (exact) mass is 441 g/mol. The molecule has 1 unspecified atom stereocenters. The lowest BCUT2D eigenvalue weighted by Crippen LogP contribution is -2.43. The lowest BCUT2D eigenvalue weighted by atomic mass is 9.96. The second-order valence-corrected chi connectivity index (χ2v) is 9.19. The van der Waals surface area contributed by atoms with E-state index in [1.54, 1.807) is 0 Å². The summed E-state index contributed by atoms with van der Waals surface area (Å²) in [6.07, 6.45) is 10.3. The summed E-state index contributed by atoms with van der Waals surface area (Å²) >= 11 is 6.10. The number of hydrogen-bond acceptors (Lipinski definition) is 4. The molecule has 166 valence electrons. The second-order valence-electron chi connectivity index (χ2n) is 8.76. The van der Waals surface area contributed by atoms with Crippen molar-refractivity contribution in [3.63, 3.8) is 0 Å². The van der Waals surface area contributed by atoms with E-state index >= 15 is 0 Å². The van der Waals surface area contributed by atoms with E-state index in [0.717, 1.165) is 55.9 Å². The van der Waals surface area contributed by atoms with Crippen molar-refractivity contribution in [2.24, 2.45) is 5.92 Å². The summed E-state index contributed by atoms with van der Waals surface area (Å²) in [5.74, 6) is 1.66. The van der Waals surface area contributed by atoms with E-state index < -0.39 is 0 Å². The van der Waals surface area contributed by atoms with E-state index in [1.165, 1.54) is 31.3 Å². The van der Waals surface area contributed by atoms with Crippen LogP contribution in [0.15, 0.2) is 40.3 Å². The Bertz CT molecular complexity index is 937. The number of carbonyl (C=O) groups is 1. The predicted molar refractivity (Wildman–Crippen MR) is 124 cm³/mol. The molecule has 1 amide bonds. The molecule has 2 aromatic rings. The minimum Gasteiger partial charge on any atom is -0.441 e. The van der Waals surface area contributed by atoms with Crippen molar-refractivity contribution in [3.05, 3.63) is 52.4 Å². The lowest BCUT2D eigenvalue weighted by Gasteiger charge is -2.31. The molecule has 1 fully saturated rings. The molecule has 31 heavy (non-hydrogen) atoms. The van der Waals surface area contributed by atoms with E-state index in [-0.39, 0.29) is 11.8 Å². The summed E-state index contributed by atoms with van der Waals surface area (Å²) in [5.41, 5.74) is 3.32. The van der Waals surface area contributed by atoms with Gasteiger partial charge in [0.2, 0.25) is 11.8 Å². The minimum atomic E-state index is 0.0497. The van der Waals surface area contributed by atoms with Gasteiger partial charge in [-0.25, -0.2) is 4.98 Å². The maximum atomic E-state index is 12.7. The van der Waals surface area contributed by atoms with Crippen molar-refractivity contribution >= 4 is 17.5 Å². The molecule has 2 aliphatic rings. The molecule has 1 atom stereocenters. The van der Waals surface area contributed by atoms with E-state index in [1.807, 2.05) is 31.2 Å². The largest absolute Gasteiger partial charge is 0.441 e. The highest BCUT2D eigenvalue weighted by atomic mass is 35.5. The zero-order valence-electron chi connectivity index (χ0n) is 18.3. The molecule has 0 radical (unpaired) electrons. The Balaban J connectivity index is 1.30. The van der Waals surface area contributed by atoms with Gasteiger partial charge in [-0.05, 0) is 76.6 Å². The third-order valence-electron chi connectivity index (χ3n) is 6.34. The number of rotatable bonds is 7. The fraction of sp³-hybridized carbons (Fsp3) is 0.520. The first-order valence-corrected chi connectivity index (χ1v) is 11.9. The average molecular weight is 442 g/mol. The topological polar surface area (TPSA) is 58.4 Å². The normalized spacial score (nSPS) is 19.8. The van der Waals surface area contributed by atoms with Crippen LogP contribution in [0.1, 0.15) is 56.4 Å². The van der Waals surface area contributed by atoms with E-state index in [2.05, 4.69) is 16.3 Å². The van der Waals surface area contributed by atoms with Crippen LogP contribution < -0.4 is 5.32 Å². The number of nitrogens with one attached hydrogen (secondary N) is 1. The Labute approximate surface area is 189 Å². The van der Waals surface area contributed by atoms with Crippen LogP contribution >= 0.6 is 11.6 Å². The first-order chi connectivity index (χ1) is 15.1. The maximum absolute atomic E-state index is 12.7. The number of nitrogens with zero attached hydrogens (tertiary/aromatic N) is 2. The number of benzene rings is 1. The highest BCUT2D eigenvalue weighted by molar-refractivity contribution is 6.30. The van der Waals surface area contributed by atoms with Gasteiger partial charge < -0.3 is 9.73 Å².